The maximum atomic E-state index is 10.8. The van der Waals surface area contributed by atoms with Crippen LogP contribution in [0.3, 0.4) is 0 Å². The van der Waals surface area contributed by atoms with Gasteiger partial charge in [0.25, 0.3) is 0 Å². The molecule has 0 bridgehead atoms. The number of aliphatic carboxylic acids is 1. The first kappa shape index (κ1) is 14.4. The van der Waals surface area contributed by atoms with Crippen molar-refractivity contribution in [3.63, 3.8) is 0 Å². The molecule has 0 radical (unpaired) electrons. The highest BCUT2D eigenvalue weighted by Gasteiger charge is 2.18. The van der Waals surface area contributed by atoms with Crippen molar-refractivity contribution < 1.29 is 9.90 Å². The van der Waals surface area contributed by atoms with Crippen LogP contribution < -0.4 is 0 Å². The molecule has 4 heteroatoms. The zero-order chi connectivity index (χ0) is 13.0. The van der Waals surface area contributed by atoms with Crippen LogP contribution in [0.15, 0.2) is 24.3 Å². The van der Waals surface area contributed by atoms with Crippen LogP contribution in [0.1, 0.15) is 25.5 Å². The maximum Gasteiger partial charge on any atom is 0.307 e. The molecule has 0 aromatic heterocycles. The summed E-state index contributed by atoms with van der Waals surface area (Å²) in [4.78, 5) is 12.9. The summed E-state index contributed by atoms with van der Waals surface area (Å²) >= 11 is 2.27. The molecule has 0 amide bonds. The number of benzene rings is 1. The predicted molar refractivity (Wildman–Crippen MR) is 77.0 cm³/mol. The lowest BCUT2D eigenvalue weighted by Crippen LogP contribution is -2.30. The minimum absolute atomic E-state index is 0.230. The van der Waals surface area contributed by atoms with Crippen molar-refractivity contribution in [2.24, 2.45) is 5.92 Å². The fourth-order valence-corrected chi connectivity index (χ4v) is 2.02. The Hall–Kier alpha value is -0.620. The lowest BCUT2D eigenvalue weighted by Gasteiger charge is -2.26. The van der Waals surface area contributed by atoms with Gasteiger partial charge in [-0.2, -0.15) is 0 Å². The van der Waals surface area contributed by atoms with E-state index in [1.165, 1.54) is 9.13 Å². The van der Waals surface area contributed by atoms with Crippen molar-refractivity contribution in [1.82, 2.24) is 4.90 Å². The molecule has 2 unspecified atom stereocenters. The second-order valence-electron chi connectivity index (χ2n) is 4.41. The van der Waals surface area contributed by atoms with E-state index in [4.69, 9.17) is 5.11 Å². The normalized spacial score (nSPS) is 14.6. The van der Waals surface area contributed by atoms with Gasteiger partial charge in [0.05, 0.1) is 5.92 Å². The lowest BCUT2D eigenvalue weighted by molar-refractivity contribution is -0.141. The molecule has 1 aromatic rings. The van der Waals surface area contributed by atoms with Crippen molar-refractivity contribution in [1.29, 1.82) is 0 Å². The van der Waals surface area contributed by atoms with Gasteiger partial charge in [-0.05, 0) is 54.3 Å². The summed E-state index contributed by atoms with van der Waals surface area (Å²) in [5.41, 5.74) is 1.21. The third-order valence-corrected chi connectivity index (χ3v) is 3.72. The second kappa shape index (κ2) is 6.35. The van der Waals surface area contributed by atoms with Crippen molar-refractivity contribution in [3.8, 4) is 0 Å². The van der Waals surface area contributed by atoms with E-state index < -0.39 is 5.97 Å². The average molecular weight is 347 g/mol. The largest absolute Gasteiger partial charge is 0.481 e. The van der Waals surface area contributed by atoms with Crippen LogP contribution in [0.25, 0.3) is 0 Å². The molecule has 0 aliphatic heterocycles. The van der Waals surface area contributed by atoms with Crippen LogP contribution in [0.4, 0.5) is 0 Å². The lowest BCUT2D eigenvalue weighted by atomic mass is 10.1. The van der Waals surface area contributed by atoms with E-state index in [2.05, 4.69) is 58.7 Å². The zero-order valence-corrected chi connectivity index (χ0v) is 12.5. The number of carbonyl (C=O) groups is 1. The SMILES string of the molecule is CC(CN(C)C(C)c1ccc(I)cc1)C(=O)O. The predicted octanol–water partition coefficient (Wildman–Crippen LogP) is 3.00. The highest BCUT2D eigenvalue weighted by molar-refractivity contribution is 14.1. The summed E-state index contributed by atoms with van der Waals surface area (Å²) in [6.45, 7) is 4.39. The quantitative estimate of drug-likeness (QED) is 0.833. The molecule has 0 fully saturated rings. The van der Waals surface area contributed by atoms with Gasteiger partial charge < -0.3 is 5.11 Å². The highest BCUT2D eigenvalue weighted by Crippen LogP contribution is 2.20. The van der Waals surface area contributed by atoms with E-state index in [9.17, 15) is 4.79 Å². The third-order valence-electron chi connectivity index (χ3n) is 3.00. The van der Waals surface area contributed by atoms with Crippen molar-refractivity contribution >= 4 is 28.6 Å². The molecular weight excluding hydrogens is 329 g/mol. The minimum Gasteiger partial charge on any atom is -0.481 e. The molecule has 0 aliphatic carbocycles. The number of carboxylic acid groups (broad SMARTS) is 1. The van der Waals surface area contributed by atoms with Gasteiger partial charge in [-0.1, -0.05) is 19.1 Å². The first-order chi connectivity index (χ1) is 7.91. The molecule has 1 aromatic carbocycles. The maximum absolute atomic E-state index is 10.8. The molecule has 0 saturated carbocycles. The summed E-state index contributed by atoms with van der Waals surface area (Å²) in [6, 6.07) is 8.55. The Morgan fingerprint density at radius 2 is 1.88 bits per heavy atom. The summed E-state index contributed by atoms with van der Waals surface area (Å²) in [6.07, 6.45) is 0. The molecule has 0 spiro atoms. The third kappa shape index (κ3) is 4.27. The summed E-state index contributed by atoms with van der Waals surface area (Å²) in [5, 5.41) is 8.89. The molecule has 94 valence electrons. The van der Waals surface area contributed by atoms with E-state index in [0.717, 1.165) is 0 Å². The summed E-state index contributed by atoms with van der Waals surface area (Å²) in [7, 11) is 1.96. The van der Waals surface area contributed by atoms with Crippen LogP contribution in [0.2, 0.25) is 0 Å². The Kier molecular flexibility index (Phi) is 5.39. The van der Waals surface area contributed by atoms with Crippen LogP contribution in [0, 0.1) is 9.49 Å². The minimum atomic E-state index is -0.744. The molecule has 3 nitrogen and oxygen atoms in total. The van der Waals surface area contributed by atoms with Crippen LogP contribution in [-0.4, -0.2) is 29.6 Å². The van der Waals surface area contributed by atoms with Gasteiger partial charge in [0.1, 0.15) is 0 Å². The average Bonchev–Trinajstić information content (AvgIpc) is 2.28. The van der Waals surface area contributed by atoms with Crippen LogP contribution in [0.5, 0.6) is 0 Å². The second-order valence-corrected chi connectivity index (χ2v) is 5.65. The van der Waals surface area contributed by atoms with Gasteiger partial charge >= 0.3 is 5.97 Å². The van der Waals surface area contributed by atoms with Crippen LogP contribution in [-0.2, 0) is 4.79 Å². The van der Waals surface area contributed by atoms with Gasteiger partial charge in [-0.3, -0.25) is 9.69 Å². The standard InChI is InChI=1S/C13H18INO2/c1-9(13(16)17)8-15(3)10(2)11-4-6-12(14)7-5-11/h4-7,9-10H,8H2,1-3H3,(H,16,17). The van der Waals surface area contributed by atoms with Crippen molar-refractivity contribution in [2.75, 3.05) is 13.6 Å². The molecule has 2 atom stereocenters. The van der Waals surface area contributed by atoms with Crippen molar-refractivity contribution in [3.05, 3.63) is 33.4 Å². The highest BCUT2D eigenvalue weighted by atomic mass is 127. The van der Waals surface area contributed by atoms with Crippen LogP contribution >= 0.6 is 22.6 Å². The number of halogens is 1. The molecule has 0 aliphatic rings. The van der Waals surface area contributed by atoms with E-state index >= 15 is 0 Å². The first-order valence-corrected chi connectivity index (χ1v) is 6.68. The summed E-state index contributed by atoms with van der Waals surface area (Å²) in [5.74, 6) is -1.09. The molecule has 0 saturated heterocycles. The number of carboxylic acids is 1. The van der Waals surface area contributed by atoms with E-state index in [-0.39, 0.29) is 12.0 Å². The fraction of sp³-hybridized carbons (Fsp3) is 0.462. The van der Waals surface area contributed by atoms with Gasteiger partial charge in [-0.15, -0.1) is 0 Å². The Morgan fingerprint density at radius 3 is 2.35 bits per heavy atom. The first-order valence-electron chi connectivity index (χ1n) is 5.60. The summed E-state index contributed by atoms with van der Waals surface area (Å²) < 4.78 is 1.21. The van der Waals surface area contributed by atoms with Gasteiger partial charge in [0.2, 0.25) is 0 Å². The number of rotatable bonds is 5. The molecular formula is C13H18INO2. The number of hydrogen-bond donors (Lipinski definition) is 1. The van der Waals surface area contributed by atoms with E-state index in [1.54, 1.807) is 6.92 Å². The Labute approximate surface area is 116 Å². The Morgan fingerprint density at radius 1 is 1.35 bits per heavy atom. The topological polar surface area (TPSA) is 40.5 Å². The molecule has 1 rings (SSSR count). The number of hydrogen-bond acceptors (Lipinski definition) is 2. The van der Waals surface area contributed by atoms with Gasteiger partial charge in [0, 0.05) is 16.2 Å². The number of nitrogens with zero attached hydrogens (tertiary/aromatic N) is 1. The zero-order valence-electron chi connectivity index (χ0n) is 10.4. The molecule has 1 N–H and O–H groups in total. The van der Waals surface area contributed by atoms with E-state index in [1.807, 2.05) is 7.05 Å². The monoisotopic (exact) mass is 347 g/mol. The fourth-order valence-electron chi connectivity index (χ4n) is 1.66. The van der Waals surface area contributed by atoms with Gasteiger partial charge in [-0.25, -0.2) is 0 Å². The van der Waals surface area contributed by atoms with E-state index in [0.29, 0.717) is 6.54 Å². The molecule has 17 heavy (non-hydrogen) atoms. The smallest absolute Gasteiger partial charge is 0.307 e. The van der Waals surface area contributed by atoms with Crippen molar-refractivity contribution in [2.45, 2.75) is 19.9 Å². The van der Waals surface area contributed by atoms with Gasteiger partial charge in [0.15, 0.2) is 0 Å². The Bertz CT molecular complexity index is 378. The Balaban J connectivity index is 2.66. The molecule has 0 heterocycles.